The number of H-pyrrole nitrogens is 1. The second-order valence-corrected chi connectivity index (χ2v) is 9.76. The monoisotopic (exact) mass is 441 g/mol. The van der Waals surface area contributed by atoms with E-state index in [1.165, 1.54) is 11.3 Å². The summed E-state index contributed by atoms with van der Waals surface area (Å²) in [6.07, 6.45) is -0.754. The molecule has 1 amide bonds. The number of amides is 1. The first-order valence-electron chi connectivity index (χ1n) is 10.1. The Bertz CT molecular complexity index is 1190. The molecule has 7 nitrogen and oxygen atoms in total. The average molecular weight is 442 g/mol. The van der Waals surface area contributed by atoms with Crippen LogP contribution in [0, 0.1) is 13.8 Å². The molecule has 0 aliphatic carbocycles. The molecule has 0 unspecified atom stereocenters. The first-order valence-corrected chi connectivity index (χ1v) is 10.9. The number of esters is 1. The number of benzene rings is 1. The van der Waals surface area contributed by atoms with E-state index in [1.54, 1.807) is 19.1 Å². The summed E-state index contributed by atoms with van der Waals surface area (Å²) < 4.78 is 5.35. The first kappa shape index (κ1) is 22.7. The molecule has 0 saturated heterocycles. The molecule has 8 heteroatoms. The Labute approximate surface area is 184 Å². The van der Waals surface area contributed by atoms with Crippen molar-refractivity contribution < 1.29 is 14.3 Å². The van der Waals surface area contributed by atoms with Crippen molar-refractivity contribution in [3.8, 4) is 0 Å². The summed E-state index contributed by atoms with van der Waals surface area (Å²) in [5, 5.41) is 3.13. The molecule has 164 valence electrons. The van der Waals surface area contributed by atoms with Crippen molar-refractivity contribution in [2.75, 3.05) is 6.54 Å². The van der Waals surface area contributed by atoms with Gasteiger partial charge in [-0.15, -0.1) is 11.3 Å². The van der Waals surface area contributed by atoms with Crippen molar-refractivity contribution in [3.63, 3.8) is 0 Å². The average Bonchev–Trinajstić information content (AvgIpc) is 2.99. The predicted molar refractivity (Wildman–Crippen MR) is 122 cm³/mol. The van der Waals surface area contributed by atoms with E-state index in [4.69, 9.17) is 4.74 Å². The molecule has 2 aromatic heterocycles. The van der Waals surface area contributed by atoms with Crippen molar-refractivity contribution in [2.24, 2.45) is 0 Å². The van der Waals surface area contributed by atoms with Crippen LogP contribution in [-0.2, 0) is 14.9 Å². The summed E-state index contributed by atoms with van der Waals surface area (Å²) in [5.74, 6) is -0.702. The molecule has 3 rings (SSSR count). The lowest BCUT2D eigenvalue weighted by Crippen LogP contribution is -2.31. The molecule has 1 atom stereocenters. The van der Waals surface area contributed by atoms with Crippen LogP contribution in [0.15, 0.2) is 29.1 Å². The maximum absolute atomic E-state index is 12.4. The highest BCUT2D eigenvalue weighted by atomic mass is 32.1. The van der Waals surface area contributed by atoms with Gasteiger partial charge in [0.05, 0.1) is 5.39 Å². The maximum atomic E-state index is 12.4. The molecule has 2 heterocycles. The Morgan fingerprint density at radius 2 is 1.84 bits per heavy atom. The van der Waals surface area contributed by atoms with Gasteiger partial charge in [0.1, 0.15) is 11.4 Å². The summed E-state index contributed by atoms with van der Waals surface area (Å²) in [6.45, 7) is 11.5. The van der Waals surface area contributed by atoms with Gasteiger partial charge in [-0.2, -0.15) is 0 Å². The van der Waals surface area contributed by atoms with Gasteiger partial charge in [-0.1, -0.05) is 32.9 Å². The number of nitrogens with zero attached hydrogens (tertiary/aromatic N) is 1. The summed E-state index contributed by atoms with van der Waals surface area (Å²) in [6, 6.07) is 7.28. The fourth-order valence-electron chi connectivity index (χ4n) is 3.13. The molecule has 3 aromatic rings. The van der Waals surface area contributed by atoms with Gasteiger partial charge in [-0.05, 0) is 49.4 Å². The van der Waals surface area contributed by atoms with Crippen molar-refractivity contribution in [2.45, 2.75) is 53.1 Å². The highest BCUT2D eigenvalue weighted by Crippen LogP contribution is 2.27. The normalized spacial score (nSPS) is 12.6. The summed E-state index contributed by atoms with van der Waals surface area (Å²) >= 11 is 1.43. The van der Waals surface area contributed by atoms with Crippen molar-refractivity contribution in [3.05, 3.63) is 62.0 Å². The Balaban J connectivity index is 1.61. The number of aromatic nitrogens is 2. The molecule has 0 fully saturated rings. The van der Waals surface area contributed by atoms with Crippen LogP contribution in [0.5, 0.6) is 0 Å². The number of hydrogen-bond acceptors (Lipinski definition) is 6. The van der Waals surface area contributed by atoms with Crippen LogP contribution in [0.1, 0.15) is 66.0 Å². The predicted octanol–water partition coefficient (Wildman–Crippen LogP) is 3.93. The van der Waals surface area contributed by atoms with Crippen LogP contribution < -0.4 is 10.9 Å². The lowest BCUT2D eigenvalue weighted by molar-refractivity contribution is -0.147. The number of hydrogen-bond donors (Lipinski definition) is 2. The van der Waals surface area contributed by atoms with Crippen LogP contribution in [0.25, 0.3) is 10.2 Å². The van der Waals surface area contributed by atoms with E-state index < -0.39 is 12.1 Å². The van der Waals surface area contributed by atoms with E-state index >= 15 is 0 Å². The number of fused-ring (bicyclic) bond motifs is 1. The lowest BCUT2D eigenvalue weighted by atomic mass is 9.87. The number of aryl methyl sites for hydroxylation is 2. The molecule has 0 bridgehead atoms. The van der Waals surface area contributed by atoms with Crippen molar-refractivity contribution in [1.29, 1.82) is 0 Å². The topological polar surface area (TPSA) is 101 Å². The molecular weight excluding hydrogens is 414 g/mol. The molecule has 0 aliphatic heterocycles. The Hall–Kier alpha value is -3.00. The molecule has 0 aliphatic rings. The summed E-state index contributed by atoms with van der Waals surface area (Å²) in [5.41, 5.74) is 2.23. The van der Waals surface area contributed by atoms with Gasteiger partial charge in [-0.3, -0.25) is 14.4 Å². The van der Waals surface area contributed by atoms with Gasteiger partial charge in [0, 0.05) is 10.4 Å². The van der Waals surface area contributed by atoms with Gasteiger partial charge >= 0.3 is 5.97 Å². The highest BCUT2D eigenvalue weighted by molar-refractivity contribution is 7.18. The number of rotatable bonds is 5. The van der Waals surface area contributed by atoms with Gasteiger partial charge in [0.2, 0.25) is 0 Å². The zero-order valence-electron chi connectivity index (χ0n) is 18.6. The van der Waals surface area contributed by atoms with E-state index in [-0.39, 0.29) is 29.3 Å². The first-order chi connectivity index (χ1) is 14.5. The van der Waals surface area contributed by atoms with Gasteiger partial charge in [0.25, 0.3) is 11.5 Å². The minimum Gasteiger partial charge on any atom is -0.453 e. The van der Waals surface area contributed by atoms with E-state index in [0.717, 1.165) is 16.0 Å². The number of ether oxygens (including phenoxy) is 1. The third kappa shape index (κ3) is 5.02. The van der Waals surface area contributed by atoms with Crippen LogP contribution in [0.2, 0.25) is 0 Å². The quantitative estimate of drug-likeness (QED) is 0.584. The third-order valence-electron chi connectivity index (χ3n) is 5.16. The van der Waals surface area contributed by atoms with E-state index in [9.17, 15) is 14.4 Å². The lowest BCUT2D eigenvalue weighted by Gasteiger charge is -2.19. The van der Waals surface area contributed by atoms with Crippen LogP contribution in [0.4, 0.5) is 0 Å². The number of nitrogens with one attached hydrogen (secondary N) is 2. The van der Waals surface area contributed by atoms with Gasteiger partial charge in [-0.25, -0.2) is 4.98 Å². The molecule has 0 radical (unpaired) electrons. The maximum Gasteiger partial charge on any atom is 0.326 e. The molecular formula is C23H27N3O4S. The highest BCUT2D eigenvalue weighted by Gasteiger charge is 2.19. The fraction of sp³-hybridized carbons (Fsp3) is 0.391. The van der Waals surface area contributed by atoms with Gasteiger partial charge in [0.15, 0.2) is 11.9 Å². The van der Waals surface area contributed by atoms with Crippen LogP contribution in [-0.4, -0.2) is 28.4 Å². The molecule has 2 N–H and O–H groups in total. The third-order valence-corrected chi connectivity index (χ3v) is 6.26. The minimum atomic E-state index is -0.754. The summed E-state index contributed by atoms with van der Waals surface area (Å²) in [7, 11) is 0. The molecule has 0 saturated carbocycles. The molecule has 0 spiro atoms. The largest absolute Gasteiger partial charge is 0.453 e. The van der Waals surface area contributed by atoms with Crippen LogP contribution in [0.3, 0.4) is 0 Å². The SMILES string of the molecule is Cc1sc2nc([C@H](C)OC(=O)CNC(=O)c3ccc(C(C)(C)C)cc3)[nH]c(=O)c2c1C. The number of carbonyl (C=O) groups excluding carboxylic acids is 2. The summed E-state index contributed by atoms with van der Waals surface area (Å²) in [4.78, 5) is 45.7. The number of carbonyl (C=O) groups is 2. The van der Waals surface area contributed by atoms with E-state index in [2.05, 4.69) is 36.1 Å². The van der Waals surface area contributed by atoms with E-state index in [1.807, 2.05) is 26.0 Å². The van der Waals surface area contributed by atoms with Crippen molar-refractivity contribution in [1.82, 2.24) is 15.3 Å². The number of aromatic amines is 1. The zero-order chi connectivity index (χ0) is 22.9. The standard InChI is InChI=1S/C23H27N3O4S/c1-12-14(3)31-22-18(12)21(29)25-19(26-22)13(2)30-17(27)11-24-20(28)15-7-9-16(10-8-15)23(4,5)6/h7-10,13H,11H2,1-6H3,(H,24,28)(H,25,26,29)/t13-/m0/s1. The zero-order valence-corrected chi connectivity index (χ0v) is 19.4. The fourth-order valence-corrected chi connectivity index (χ4v) is 4.17. The van der Waals surface area contributed by atoms with Crippen LogP contribution >= 0.6 is 11.3 Å². The second-order valence-electron chi connectivity index (χ2n) is 8.56. The Morgan fingerprint density at radius 1 is 1.19 bits per heavy atom. The Kier molecular flexibility index (Phi) is 6.31. The molecule has 1 aromatic carbocycles. The smallest absolute Gasteiger partial charge is 0.326 e. The second kappa shape index (κ2) is 8.63. The van der Waals surface area contributed by atoms with Crippen molar-refractivity contribution >= 4 is 33.4 Å². The minimum absolute atomic E-state index is 0.00647. The Morgan fingerprint density at radius 3 is 2.45 bits per heavy atom. The number of thiophene rings is 1. The molecule has 31 heavy (non-hydrogen) atoms. The van der Waals surface area contributed by atoms with E-state index in [0.29, 0.717) is 15.8 Å². The van der Waals surface area contributed by atoms with Gasteiger partial charge < -0.3 is 15.0 Å².